The maximum absolute atomic E-state index is 2.51. The Bertz CT molecular complexity index is 3010. The van der Waals surface area contributed by atoms with Gasteiger partial charge in [-0.1, -0.05) is 0 Å². The quantitative estimate of drug-likeness (QED) is 0.124. The first-order valence-corrected chi connectivity index (χ1v) is 20.8. The van der Waals surface area contributed by atoms with Gasteiger partial charge in [0.25, 0.3) is 0 Å². The normalized spacial score (nSPS) is 11.9. The van der Waals surface area contributed by atoms with E-state index in [1.807, 2.05) is 0 Å². The standard InChI is InChI=1S/C48H28S2Se/c1-3-12-34-32(10-1)44(33-11-2-4-13-35(33)45(34)30-22-24-49-27-30)29-20-21-42-41(26-29)48-40(18-9-19-43(48)51-42)47-38-16-7-5-14-36(38)46(31-23-25-50-28-31)37-15-6-8-17-39(37)47/h1-28H. The van der Waals surface area contributed by atoms with E-state index in [2.05, 4.69) is 167 Å². The van der Waals surface area contributed by atoms with Gasteiger partial charge in [-0.2, -0.15) is 0 Å². The summed E-state index contributed by atoms with van der Waals surface area (Å²) in [5.74, 6) is 0. The van der Waals surface area contributed by atoms with Crippen LogP contribution in [0.3, 0.4) is 0 Å². The summed E-state index contributed by atoms with van der Waals surface area (Å²) in [5, 5.41) is 22.2. The summed E-state index contributed by atoms with van der Waals surface area (Å²) in [6, 6.07) is 54.9. The zero-order chi connectivity index (χ0) is 33.5. The molecule has 238 valence electrons. The van der Waals surface area contributed by atoms with Gasteiger partial charge in [-0.05, 0) is 0 Å². The van der Waals surface area contributed by atoms with Gasteiger partial charge in [-0.25, -0.2) is 0 Å². The van der Waals surface area contributed by atoms with Crippen molar-refractivity contribution in [2.24, 2.45) is 0 Å². The van der Waals surface area contributed by atoms with E-state index in [1.165, 1.54) is 107 Å². The number of rotatable bonds is 4. The van der Waals surface area contributed by atoms with Gasteiger partial charge in [0.1, 0.15) is 0 Å². The molecule has 0 radical (unpaired) electrons. The Morgan fingerprint density at radius 1 is 0.333 bits per heavy atom. The van der Waals surface area contributed by atoms with E-state index in [0.717, 1.165) is 0 Å². The fraction of sp³-hybridized carbons (Fsp3) is 0. The maximum atomic E-state index is 2.51. The average Bonchev–Trinajstić information content (AvgIpc) is 3.98. The van der Waals surface area contributed by atoms with Crippen molar-refractivity contribution in [3.63, 3.8) is 0 Å². The molecule has 0 spiro atoms. The molecule has 0 aliphatic rings. The van der Waals surface area contributed by atoms with Crippen LogP contribution in [0, 0.1) is 0 Å². The molecule has 0 amide bonds. The van der Waals surface area contributed by atoms with Crippen LogP contribution in [-0.4, -0.2) is 14.5 Å². The van der Waals surface area contributed by atoms with Gasteiger partial charge < -0.3 is 0 Å². The van der Waals surface area contributed by atoms with E-state index >= 15 is 0 Å². The zero-order valence-corrected chi connectivity index (χ0v) is 30.7. The molecule has 0 unspecified atom stereocenters. The SMILES string of the molecule is c1cc(-c2c3ccccc3c(-c3ccsc3)c3ccccc23)c2c(c1)[se]c1ccc(-c3c4ccccc4c(-c4ccsc4)c4ccccc34)cc12. The van der Waals surface area contributed by atoms with Crippen molar-refractivity contribution >= 4 is 99.6 Å². The average molecular weight is 748 g/mol. The number of thiophene rings is 2. The van der Waals surface area contributed by atoms with Crippen molar-refractivity contribution in [2.75, 3.05) is 0 Å². The molecule has 0 bridgehead atoms. The zero-order valence-electron chi connectivity index (χ0n) is 27.4. The van der Waals surface area contributed by atoms with Crippen LogP contribution in [0.1, 0.15) is 0 Å². The molecular formula is C48H28S2Se. The minimum atomic E-state index is 0.231. The summed E-state index contributed by atoms with van der Waals surface area (Å²) < 4.78 is 2.92. The first-order valence-electron chi connectivity index (χ1n) is 17.2. The fourth-order valence-electron chi connectivity index (χ4n) is 8.48. The molecule has 8 aromatic carbocycles. The van der Waals surface area contributed by atoms with Crippen molar-refractivity contribution in [2.45, 2.75) is 0 Å². The van der Waals surface area contributed by atoms with Gasteiger partial charge in [0.2, 0.25) is 0 Å². The van der Waals surface area contributed by atoms with Gasteiger partial charge in [0, 0.05) is 0 Å². The first kappa shape index (κ1) is 29.4. The number of benzene rings is 8. The molecular weight excluding hydrogens is 720 g/mol. The van der Waals surface area contributed by atoms with E-state index in [-0.39, 0.29) is 14.5 Å². The van der Waals surface area contributed by atoms with E-state index in [1.54, 1.807) is 22.7 Å². The third kappa shape index (κ3) is 4.43. The van der Waals surface area contributed by atoms with Crippen LogP contribution in [0.2, 0.25) is 0 Å². The van der Waals surface area contributed by atoms with Crippen LogP contribution in [0.25, 0.3) is 107 Å². The molecule has 51 heavy (non-hydrogen) atoms. The summed E-state index contributed by atoms with van der Waals surface area (Å²) in [5.41, 5.74) is 10.5. The van der Waals surface area contributed by atoms with Crippen molar-refractivity contribution in [3.05, 3.63) is 167 Å². The van der Waals surface area contributed by atoms with E-state index in [4.69, 9.17) is 0 Å². The van der Waals surface area contributed by atoms with Gasteiger partial charge in [-0.15, -0.1) is 0 Å². The van der Waals surface area contributed by atoms with Gasteiger partial charge >= 0.3 is 311 Å². The molecule has 0 fully saturated rings. The second-order valence-electron chi connectivity index (χ2n) is 13.2. The molecule has 0 saturated carbocycles. The van der Waals surface area contributed by atoms with Crippen LogP contribution < -0.4 is 0 Å². The molecule has 11 aromatic rings. The Kier molecular flexibility index (Phi) is 6.72. The van der Waals surface area contributed by atoms with Crippen LogP contribution in [0.4, 0.5) is 0 Å². The van der Waals surface area contributed by atoms with E-state index < -0.39 is 0 Å². The Morgan fingerprint density at radius 3 is 1.24 bits per heavy atom. The summed E-state index contributed by atoms with van der Waals surface area (Å²) in [7, 11) is 0. The molecule has 0 N–H and O–H groups in total. The third-order valence-corrected chi connectivity index (χ3v) is 14.3. The molecule has 0 aliphatic heterocycles. The molecule has 3 heteroatoms. The fourth-order valence-corrected chi connectivity index (χ4v) is 12.1. The van der Waals surface area contributed by atoms with Crippen LogP contribution in [-0.2, 0) is 0 Å². The molecule has 0 atom stereocenters. The Labute approximate surface area is 309 Å². The minimum absolute atomic E-state index is 0.231. The van der Waals surface area contributed by atoms with E-state index in [0.29, 0.717) is 0 Å². The van der Waals surface area contributed by atoms with Crippen LogP contribution >= 0.6 is 22.7 Å². The summed E-state index contributed by atoms with van der Waals surface area (Å²) in [6.07, 6.45) is 0. The Balaban J connectivity index is 1.24. The summed E-state index contributed by atoms with van der Waals surface area (Å²) >= 11 is 3.76. The van der Waals surface area contributed by atoms with Gasteiger partial charge in [-0.3, -0.25) is 0 Å². The van der Waals surface area contributed by atoms with Gasteiger partial charge in [0.15, 0.2) is 0 Å². The van der Waals surface area contributed by atoms with Crippen molar-refractivity contribution < 1.29 is 0 Å². The second-order valence-corrected chi connectivity index (χ2v) is 17.0. The van der Waals surface area contributed by atoms with Crippen molar-refractivity contribution in [3.8, 4) is 44.5 Å². The molecule has 0 aliphatic carbocycles. The van der Waals surface area contributed by atoms with E-state index in [9.17, 15) is 0 Å². The number of hydrogen-bond donors (Lipinski definition) is 0. The van der Waals surface area contributed by atoms with Crippen molar-refractivity contribution in [1.29, 1.82) is 0 Å². The summed E-state index contributed by atoms with van der Waals surface area (Å²) in [6.45, 7) is 0. The molecule has 0 saturated heterocycles. The van der Waals surface area contributed by atoms with Gasteiger partial charge in [0.05, 0.1) is 0 Å². The van der Waals surface area contributed by atoms with Crippen LogP contribution in [0.15, 0.2) is 167 Å². The summed E-state index contributed by atoms with van der Waals surface area (Å²) in [4.78, 5) is 0. The monoisotopic (exact) mass is 748 g/mol. The first-order chi connectivity index (χ1) is 25.3. The topological polar surface area (TPSA) is 0 Å². The molecule has 3 aromatic heterocycles. The van der Waals surface area contributed by atoms with Crippen molar-refractivity contribution in [1.82, 2.24) is 0 Å². The molecule has 0 nitrogen and oxygen atoms in total. The molecule has 11 rings (SSSR count). The third-order valence-electron chi connectivity index (χ3n) is 10.5. The Morgan fingerprint density at radius 2 is 0.784 bits per heavy atom. The predicted octanol–water partition coefficient (Wildman–Crippen LogP) is 14.5. The number of fused-ring (bicyclic) bond motifs is 7. The Hall–Kier alpha value is -5.28. The predicted molar refractivity (Wildman–Crippen MR) is 226 cm³/mol. The second kappa shape index (κ2) is 11.6. The van der Waals surface area contributed by atoms with Crippen LogP contribution in [0.5, 0.6) is 0 Å². The number of hydrogen-bond acceptors (Lipinski definition) is 2. The molecule has 3 heterocycles.